The number of likely N-dealkylation sites (tertiary alicyclic amines) is 1. The van der Waals surface area contributed by atoms with Crippen molar-refractivity contribution in [3.63, 3.8) is 0 Å². The number of piperidine rings is 1. The summed E-state index contributed by atoms with van der Waals surface area (Å²) in [6.07, 6.45) is 4.85. The van der Waals surface area contributed by atoms with Gasteiger partial charge in [-0.1, -0.05) is 30.3 Å². The van der Waals surface area contributed by atoms with E-state index >= 15 is 0 Å². The molecule has 1 saturated heterocycles. The fourth-order valence-corrected chi connectivity index (χ4v) is 4.25. The van der Waals surface area contributed by atoms with Gasteiger partial charge < -0.3 is 9.47 Å². The van der Waals surface area contributed by atoms with Gasteiger partial charge in [-0.15, -0.1) is 0 Å². The molecule has 0 aromatic heterocycles. The summed E-state index contributed by atoms with van der Waals surface area (Å²) in [5.41, 5.74) is 3.06. The number of hydrogen-bond acceptors (Lipinski definition) is 5. The Balaban J connectivity index is 1.34. The van der Waals surface area contributed by atoms with Gasteiger partial charge in [-0.3, -0.25) is 14.7 Å². The molecule has 0 amide bonds. The fraction of sp³-hybridized carbons (Fsp3) is 0.417. The van der Waals surface area contributed by atoms with Crippen molar-refractivity contribution in [2.75, 3.05) is 27.3 Å². The second kappa shape index (κ2) is 8.78. The van der Waals surface area contributed by atoms with E-state index in [-0.39, 0.29) is 11.8 Å². The molecule has 152 valence electrons. The van der Waals surface area contributed by atoms with Crippen LogP contribution in [0.15, 0.2) is 47.5 Å². The molecule has 5 nitrogen and oxygen atoms in total. The highest BCUT2D eigenvalue weighted by molar-refractivity contribution is 6.05. The molecule has 0 spiro atoms. The van der Waals surface area contributed by atoms with E-state index in [1.54, 1.807) is 20.3 Å². The number of ether oxygens (including phenoxy) is 2. The number of nitrogens with zero attached hydrogens (tertiary/aromatic N) is 2. The predicted octanol–water partition coefficient (Wildman–Crippen LogP) is 3.79. The van der Waals surface area contributed by atoms with Gasteiger partial charge in [0.25, 0.3) is 0 Å². The van der Waals surface area contributed by atoms with Crippen molar-refractivity contribution in [2.45, 2.75) is 31.8 Å². The molecule has 2 aliphatic rings. The van der Waals surface area contributed by atoms with E-state index in [9.17, 15) is 4.79 Å². The summed E-state index contributed by atoms with van der Waals surface area (Å²) in [7, 11) is 3.20. The molecule has 1 fully saturated rings. The van der Waals surface area contributed by atoms with Crippen molar-refractivity contribution in [3.05, 3.63) is 59.2 Å². The summed E-state index contributed by atoms with van der Waals surface area (Å²) in [4.78, 5) is 20.0. The lowest BCUT2D eigenvalue weighted by atomic mass is 9.97. The highest BCUT2D eigenvalue weighted by Crippen LogP contribution is 2.35. The summed E-state index contributed by atoms with van der Waals surface area (Å²) in [6, 6.07) is 14.0. The number of ketones is 1. The molecule has 5 heteroatoms. The second-order valence-corrected chi connectivity index (χ2v) is 7.85. The van der Waals surface area contributed by atoms with E-state index < -0.39 is 0 Å². The third-order valence-corrected chi connectivity index (χ3v) is 5.95. The first kappa shape index (κ1) is 19.6. The number of Topliss-reactive ketones (excluding diaryl/α,β-unsaturated/α-hetero) is 1. The van der Waals surface area contributed by atoms with E-state index in [4.69, 9.17) is 9.47 Å². The molecule has 1 unspecified atom stereocenters. The van der Waals surface area contributed by atoms with Crippen LogP contribution >= 0.6 is 0 Å². The lowest BCUT2D eigenvalue weighted by molar-refractivity contribution is 0.0975. The molecule has 4 rings (SSSR count). The van der Waals surface area contributed by atoms with Crippen molar-refractivity contribution in [1.29, 1.82) is 0 Å². The summed E-state index contributed by atoms with van der Waals surface area (Å²) in [6.45, 7) is 3.14. The van der Waals surface area contributed by atoms with Crippen LogP contribution in [0.25, 0.3) is 0 Å². The SMILES string of the molecule is COc1cc2c(cc1OC)C(=O)C(N=CC1CCN(Cc3ccccc3)CC1)C2. The van der Waals surface area contributed by atoms with Gasteiger partial charge in [-0.25, -0.2) is 0 Å². The lowest BCUT2D eigenvalue weighted by Gasteiger charge is -2.30. The van der Waals surface area contributed by atoms with Gasteiger partial charge in [0.15, 0.2) is 17.3 Å². The lowest BCUT2D eigenvalue weighted by Crippen LogP contribution is -2.33. The van der Waals surface area contributed by atoms with Gasteiger partial charge in [-0.05, 0) is 55.1 Å². The summed E-state index contributed by atoms with van der Waals surface area (Å²) >= 11 is 0. The first-order chi connectivity index (χ1) is 14.2. The Hall–Kier alpha value is -2.66. The average molecular weight is 392 g/mol. The number of carbonyl (C=O) groups excluding carboxylic acids is 1. The maximum absolute atomic E-state index is 12.8. The second-order valence-electron chi connectivity index (χ2n) is 7.85. The number of rotatable bonds is 6. The van der Waals surface area contributed by atoms with E-state index in [1.165, 1.54) is 5.56 Å². The van der Waals surface area contributed by atoms with Gasteiger partial charge in [0.2, 0.25) is 0 Å². The van der Waals surface area contributed by atoms with Gasteiger partial charge in [0.05, 0.1) is 14.2 Å². The monoisotopic (exact) mass is 392 g/mol. The highest BCUT2D eigenvalue weighted by Gasteiger charge is 2.32. The molecule has 1 aliphatic heterocycles. The zero-order valence-electron chi connectivity index (χ0n) is 17.1. The van der Waals surface area contributed by atoms with Crippen LogP contribution in [0.3, 0.4) is 0 Å². The fourth-order valence-electron chi connectivity index (χ4n) is 4.25. The molecule has 1 heterocycles. The maximum atomic E-state index is 12.8. The molecular formula is C24H28N2O3. The quantitative estimate of drug-likeness (QED) is 0.702. The number of carbonyl (C=O) groups is 1. The Kier molecular flexibility index (Phi) is 5.95. The van der Waals surface area contributed by atoms with Crippen molar-refractivity contribution in [1.82, 2.24) is 4.90 Å². The molecule has 29 heavy (non-hydrogen) atoms. The Labute approximate surface area is 172 Å². The predicted molar refractivity (Wildman–Crippen MR) is 114 cm³/mol. The van der Waals surface area contributed by atoms with Gasteiger partial charge in [0, 0.05) is 24.7 Å². The Morgan fingerprint density at radius 1 is 1.07 bits per heavy atom. The topological polar surface area (TPSA) is 51.1 Å². The minimum absolute atomic E-state index is 0.0821. The molecule has 2 aromatic carbocycles. The first-order valence-corrected chi connectivity index (χ1v) is 10.3. The third kappa shape index (κ3) is 4.35. The Bertz CT molecular complexity index is 886. The normalized spacial score (nSPS) is 20.2. The number of aliphatic imine (C=N–C) groups is 1. The minimum atomic E-state index is -0.316. The summed E-state index contributed by atoms with van der Waals surface area (Å²) < 4.78 is 10.7. The molecule has 2 aromatic rings. The average Bonchev–Trinajstić information content (AvgIpc) is 3.07. The van der Waals surface area contributed by atoms with E-state index in [1.807, 2.05) is 12.3 Å². The molecule has 0 bridgehead atoms. The minimum Gasteiger partial charge on any atom is -0.493 e. The van der Waals surface area contributed by atoms with Crippen LogP contribution in [0, 0.1) is 5.92 Å². The van der Waals surface area contributed by atoms with Gasteiger partial charge in [-0.2, -0.15) is 0 Å². The van der Waals surface area contributed by atoms with Crippen LogP contribution in [0.2, 0.25) is 0 Å². The molecule has 0 N–H and O–H groups in total. The van der Waals surface area contributed by atoms with E-state index in [2.05, 4.69) is 40.2 Å². The summed E-state index contributed by atoms with van der Waals surface area (Å²) in [5.74, 6) is 1.78. The van der Waals surface area contributed by atoms with Gasteiger partial charge >= 0.3 is 0 Å². The Morgan fingerprint density at radius 2 is 1.76 bits per heavy atom. The molecule has 1 aliphatic carbocycles. The van der Waals surface area contributed by atoms with Crippen molar-refractivity contribution in [2.24, 2.45) is 10.9 Å². The third-order valence-electron chi connectivity index (χ3n) is 5.95. The maximum Gasteiger partial charge on any atom is 0.188 e. The molecular weight excluding hydrogens is 364 g/mol. The van der Waals surface area contributed by atoms with Crippen LogP contribution in [0.1, 0.15) is 34.3 Å². The van der Waals surface area contributed by atoms with Crippen LogP contribution in [-0.4, -0.2) is 50.2 Å². The molecule has 1 atom stereocenters. The van der Waals surface area contributed by atoms with Crippen molar-refractivity contribution < 1.29 is 14.3 Å². The van der Waals surface area contributed by atoms with Gasteiger partial charge in [0.1, 0.15) is 6.04 Å². The highest BCUT2D eigenvalue weighted by atomic mass is 16.5. The van der Waals surface area contributed by atoms with Crippen LogP contribution in [0.5, 0.6) is 11.5 Å². The number of hydrogen-bond donors (Lipinski definition) is 0. The van der Waals surface area contributed by atoms with Crippen molar-refractivity contribution >= 4 is 12.0 Å². The number of benzene rings is 2. The van der Waals surface area contributed by atoms with Crippen molar-refractivity contribution in [3.8, 4) is 11.5 Å². The van der Waals surface area contributed by atoms with E-state index in [0.717, 1.165) is 38.0 Å². The molecule has 0 saturated carbocycles. The zero-order valence-corrected chi connectivity index (χ0v) is 17.1. The Morgan fingerprint density at radius 3 is 2.45 bits per heavy atom. The van der Waals surface area contributed by atoms with Crippen LogP contribution in [0.4, 0.5) is 0 Å². The van der Waals surface area contributed by atoms with Crippen LogP contribution in [-0.2, 0) is 13.0 Å². The zero-order chi connectivity index (χ0) is 20.2. The number of methoxy groups -OCH3 is 2. The van der Waals surface area contributed by atoms with Crippen LogP contribution < -0.4 is 9.47 Å². The smallest absolute Gasteiger partial charge is 0.188 e. The summed E-state index contributed by atoms with van der Waals surface area (Å²) in [5, 5.41) is 0. The van der Waals surface area contributed by atoms with E-state index in [0.29, 0.717) is 29.4 Å². The molecule has 0 radical (unpaired) electrons. The first-order valence-electron chi connectivity index (χ1n) is 10.3. The standard InChI is InChI=1S/C24H28N2O3/c1-28-22-13-19-12-21(24(27)20(19)14-23(22)29-2)25-15-17-8-10-26(11-9-17)16-18-6-4-3-5-7-18/h3-7,13-15,17,21H,8-12,16H2,1-2H3. The number of fused-ring (bicyclic) bond motifs is 1. The largest absolute Gasteiger partial charge is 0.493 e.